The van der Waals surface area contributed by atoms with Gasteiger partial charge in [0.15, 0.2) is 0 Å². The third-order valence-electron chi connectivity index (χ3n) is 10.1. The molecule has 6 aliphatic rings. The first-order valence-corrected chi connectivity index (χ1v) is 14.4. The van der Waals surface area contributed by atoms with Gasteiger partial charge in [0.25, 0.3) is 0 Å². The summed E-state index contributed by atoms with van der Waals surface area (Å²) in [4.78, 5) is 26.6. The highest BCUT2D eigenvalue weighted by Crippen LogP contribution is 2.61. The van der Waals surface area contributed by atoms with Crippen molar-refractivity contribution < 1.29 is 58.4 Å². The molecule has 6 rings (SSSR count). The lowest BCUT2D eigenvalue weighted by molar-refractivity contribution is -0.362. The van der Waals surface area contributed by atoms with Crippen molar-refractivity contribution in [1.29, 1.82) is 0 Å². The Morgan fingerprint density at radius 3 is 1.68 bits per heavy atom. The maximum absolute atomic E-state index is 13.7. The molecule has 6 bridgehead atoms. The van der Waals surface area contributed by atoms with E-state index in [2.05, 4.69) is 4.74 Å². The molecule has 0 aromatic carbocycles. The third kappa shape index (κ3) is 4.41. The van der Waals surface area contributed by atoms with Crippen LogP contribution in [0.3, 0.4) is 0 Å². The Morgan fingerprint density at radius 2 is 1.26 bits per heavy atom. The topological polar surface area (TPSA) is 110 Å². The molecule has 14 heteroatoms. The fourth-order valence-electron chi connectivity index (χ4n) is 8.50. The normalized spacial score (nSPS) is 40.4. The number of carbonyl (C=O) groups excluding carboxylic acids is 2. The fourth-order valence-corrected chi connectivity index (χ4v) is 9.38. The summed E-state index contributed by atoms with van der Waals surface area (Å²) in [5, 5.41) is 0. The summed E-state index contributed by atoms with van der Waals surface area (Å²) in [6.07, 6.45) is -7.32. The zero-order valence-electron chi connectivity index (χ0n) is 20.5. The van der Waals surface area contributed by atoms with Crippen LogP contribution >= 0.6 is 0 Å². The van der Waals surface area contributed by atoms with E-state index in [4.69, 9.17) is 4.74 Å². The van der Waals surface area contributed by atoms with E-state index in [0.717, 1.165) is 32.1 Å². The monoisotopic (exact) mass is 575 g/mol. The second-order valence-corrected chi connectivity index (χ2v) is 13.6. The zero-order chi connectivity index (χ0) is 28.1. The Kier molecular flexibility index (Phi) is 6.41. The zero-order valence-corrected chi connectivity index (χ0v) is 21.3. The molecule has 6 saturated carbocycles. The van der Waals surface area contributed by atoms with Crippen LogP contribution in [0.25, 0.3) is 0 Å². The molecule has 0 radical (unpaired) electrons. The minimum Gasteiger partial charge on any atom is -0.748 e. The van der Waals surface area contributed by atoms with Gasteiger partial charge in [-0.25, -0.2) is 8.42 Å². The number of rotatable bonds is 6. The summed E-state index contributed by atoms with van der Waals surface area (Å²) in [6, 6.07) is 0. The van der Waals surface area contributed by atoms with Crippen molar-refractivity contribution in [2.75, 3.05) is 5.75 Å². The molecule has 6 aliphatic carbocycles. The molecule has 0 heterocycles. The number of hydrogen-bond acceptors (Lipinski definition) is 7. The van der Waals surface area contributed by atoms with E-state index in [1.54, 1.807) is 0 Å². The molecule has 4 atom stereocenters. The van der Waals surface area contributed by atoms with Gasteiger partial charge in [-0.3, -0.25) is 9.59 Å². The number of esters is 2. The Labute approximate surface area is 215 Å². The van der Waals surface area contributed by atoms with Crippen LogP contribution in [0.1, 0.15) is 58.3 Å². The van der Waals surface area contributed by atoms with Gasteiger partial charge in [0, 0.05) is 0 Å². The maximum atomic E-state index is 13.7. The van der Waals surface area contributed by atoms with E-state index in [0.29, 0.717) is 18.3 Å². The smallest absolute Gasteiger partial charge is 0.438 e. The molecule has 0 spiro atoms. The van der Waals surface area contributed by atoms with Crippen LogP contribution in [0.15, 0.2) is 0 Å². The van der Waals surface area contributed by atoms with Gasteiger partial charge in [0.1, 0.15) is 5.60 Å². The van der Waals surface area contributed by atoms with Crippen LogP contribution in [0.5, 0.6) is 0 Å². The van der Waals surface area contributed by atoms with Crippen molar-refractivity contribution in [2.24, 2.45) is 47.3 Å². The van der Waals surface area contributed by atoms with Crippen molar-refractivity contribution in [2.45, 2.75) is 81.8 Å². The molecular weight excluding hydrogens is 546 g/mol. The number of carbonyl (C=O) groups is 2. The molecule has 4 unspecified atom stereocenters. The van der Waals surface area contributed by atoms with Crippen LogP contribution in [0, 0.1) is 47.3 Å². The van der Waals surface area contributed by atoms with Crippen LogP contribution in [-0.4, -0.2) is 54.2 Å². The Hall–Kier alpha value is -1.57. The molecule has 7 nitrogen and oxygen atoms in total. The summed E-state index contributed by atoms with van der Waals surface area (Å²) in [7, 11) is -6.15. The molecule has 0 aromatic heterocycles. The lowest BCUT2D eigenvalue weighted by Crippen LogP contribution is -2.64. The van der Waals surface area contributed by atoms with Gasteiger partial charge in [0.05, 0.1) is 27.7 Å². The first-order chi connectivity index (χ1) is 17.3. The van der Waals surface area contributed by atoms with Crippen molar-refractivity contribution in [3.63, 3.8) is 0 Å². The van der Waals surface area contributed by atoms with Gasteiger partial charge in [0.2, 0.25) is 0 Å². The summed E-state index contributed by atoms with van der Waals surface area (Å²) < 4.78 is 126. The van der Waals surface area contributed by atoms with Gasteiger partial charge in [-0.05, 0) is 93.8 Å². The SMILES string of the molecule is CC1(OC(=O)C2C3CCC(C3)C2C(=O)OC(CS(=O)(=O)[O-])(C(F)(F)F)C(F)(F)F)C2CC3CC(C2)CC1C3. The van der Waals surface area contributed by atoms with E-state index in [-0.39, 0.29) is 24.7 Å². The van der Waals surface area contributed by atoms with Crippen LogP contribution in [0.4, 0.5) is 26.3 Å². The lowest BCUT2D eigenvalue weighted by Gasteiger charge is -2.59. The molecule has 0 amide bonds. The molecule has 0 N–H and O–H groups in total. The number of alkyl halides is 6. The van der Waals surface area contributed by atoms with E-state index in [1.807, 2.05) is 6.92 Å². The summed E-state index contributed by atoms with van der Waals surface area (Å²) >= 11 is 0. The predicted molar refractivity (Wildman–Crippen MR) is 115 cm³/mol. The number of fused-ring (bicyclic) bond motifs is 2. The van der Waals surface area contributed by atoms with Gasteiger partial charge >= 0.3 is 29.9 Å². The second-order valence-electron chi connectivity index (χ2n) is 12.2. The lowest BCUT2D eigenvalue weighted by atomic mass is 9.50. The van der Waals surface area contributed by atoms with Gasteiger partial charge < -0.3 is 14.0 Å². The van der Waals surface area contributed by atoms with Crippen molar-refractivity contribution in [3.05, 3.63) is 0 Å². The first kappa shape index (κ1) is 28.0. The van der Waals surface area contributed by atoms with E-state index < -0.39 is 75.0 Å². The van der Waals surface area contributed by atoms with E-state index in [9.17, 15) is 48.9 Å². The highest BCUT2D eigenvalue weighted by Gasteiger charge is 2.76. The molecule has 0 aliphatic heterocycles. The van der Waals surface area contributed by atoms with Crippen molar-refractivity contribution in [3.8, 4) is 0 Å². The van der Waals surface area contributed by atoms with Gasteiger partial charge in [-0.2, -0.15) is 26.3 Å². The first-order valence-electron chi connectivity index (χ1n) is 12.9. The Morgan fingerprint density at radius 1 is 0.816 bits per heavy atom. The van der Waals surface area contributed by atoms with Gasteiger partial charge in [-0.15, -0.1) is 0 Å². The van der Waals surface area contributed by atoms with Crippen LogP contribution in [-0.2, 0) is 29.2 Å². The summed E-state index contributed by atoms with van der Waals surface area (Å²) in [5.41, 5.74) is -6.39. The standard InChI is InChI=1S/C24H30F6O7S/c1-21(15-5-11-4-12(7-15)8-16(21)6-11)36-19(31)17-13-2-3-14(9-13)18(17)20(32)37-22(23(25,26)27,24(28,29)30)10-38(33,34)35/h11-18H,2-10H2,1H3,(H,33,34,35)/p-1. The van der Waals surface area contributed by atoms with Gasteiger partial charge in [-0.1, -0.05) is 0 Å². The predicted octanol–water partition coefficient (Wildman–Crippen LogP) is 4.36. The quantitative estimate of drug-likeness (QED) is 0.263. The minimum absolute atomic E-state index is 0.0945. The van der Waals surface area contributed by atoms with Crippen LogP contribution in [0.2, 0.25) is 0 Å². The number of hydrogen-bond donors (Lipinski definition) is 0. The molecule has 6 fully saturated rings. The molecule has 0 aromatic rings. The largest absolute Gasteiger partial charge is 0.748 e. The summed E-state index contributed by atoms with van der Waals surface area (Å²) in [5.74, 6) is -8.79. The molecule has 216 valence electrons. The highest BCUT2D eigenvalue weighted by atomic mass is 32.2. The maximum Gasteiger partial charge on any atom is 0.438 e. The van der Waals surface area contributed by atoms with Crippen molar-refractivity contribution >= 4 is 22.1 Å². The van der Waals surface area contributed by atoms with E-state index >= 15 is 0 Å². The fraction of sp³-hybridized carbons (Fsp3) is 0.917. The average Bonchev–Trinajstić information content (AvgIpc) is 3.36. The van der Waals surface area contributed by atoms with E-state index in [1.165, 1.54) is 0 Å². The average molecular weight is 576 g/mol. The Bertz CT molecular complexity index is 1060. The van der Waals surface area contributed by atoms with Crippen molar-refractivity contribution in [1.82, 2.24) is 0 Å². The Balaban J connectivity index is 1.41. The number of ether oxygens (including phenoxy) is 2. The number of halogens is 6. The summed E-state index contributed by atoms with van der Waals surface area (Å²) in [6.45, 7) is 1.83. The minimum atomic E-state index is -6.46. The highest BCUT2D eigenvalue weighted by molar-refractivity contribution is 7.85. The third-order valence-corrected chi connectivity index (χ3v) is 10.9. The second kappa shape index (κ2) is 8.71. The van der Waals surface area contributed by atoms with Crippen LogP contribution < -0.4 is 0 Å². The molecular formula is C24H29F6O7S-. The molecule has 38 heavy (non-hydrogen) atoms. The molecule has 0 saturated heterocycles.